The molecule has 0 saturated heterocycles. The van der Waals surface area contributed by atoms with Crippen molar-refractivity contribution in [1.82, 2.24) is 5.32 Å². The van der Waals surface area contributed by atoms with E-state index in [1.54, 1.807) is 6.07 Å². The lowest BCUT2D eigenvalue weighted by atomic mass is 10.2. The van der Waals surface area contributed by atoms with Gasteiger partial charge in [0.2, 0.25) is 0 Å². The van der Waals surface area contributed by atoms with Gasteiger partial charge in [-0.25, -0.2) is 8.78 Å². The Kier molecular flexibility index (Phi) is 5.79. The van der Waals surface area contributed by atoms with E-state index in [-0.39, 0.29) is 0 Å². The van der Waals surface area contributed by atoms with Gasteiger partial charge in [0.05, 0.1) is 0 Å². The summed E-state index contributed by atoms with van der Waals surface area (Å²) in [7, 11) is 0. The lowest BCUT2D eigenvalue weighted by Crippen LogP contribution is -2.22. The van der Waals surface area contributed by atoms with Crippen molar-refractivity contribution in [3.63, 3.8) is 0 Å². The molecule has 0 heterocycles. The highest BCUT2D eigenvalue weighted by molar-refractivity contribution is 9.10. The molecule has 2 rings (SSSR count). The van der Waals surface area contributed by atoms with E-state index in [1.807, 2.05) is 18.2 Å². The predicted molar refractivity (Wildman–Crippen MR) is 86.6 cm³/mol. The number of halogens is 3. The van der Waals surface area contributed by atoms with Crippen LogP contribution in [0, 0.1) is 11.6 Å². The van der Waals surface area contributed by atoms with Crippen LogP contribution in [0.4, 0.5) is 8.78 Å². The van der Waals surface area contributed by atoms with E-state index in [2.05, 4.69) is 35.1 Å². The van der Waals surface area contributed by atoms with Crippen molar-refractivity contribution in [2.45, 2.75) is 36.2 Å². The second-order valence-corrected chi connectivity index (χ2v) is 7.00. The van der Waals surface area contributed by atoms with Crippen LogP contribution >= 0.6 is 27.7 Å². The zero-order valence-electron chi connectivity index (χ0n) is 11.8. The molecule has 1 N–H and O–H groups in total. The SMILES string of the molecule is CC(C)NCc1cc(Br)ccc1Sc1ccc(F)c(F)c1. The topological polar surface area (TPSA) is 12.0 Å². The highest BCUT2D eigenvalue weighted by atomic mass is 79.9. The third-order valence-corrected chi connectivity index (χ3v) is 4.44. The number of hydrogen-bond donors (Lipinski definition) is 1. The highest BCUT2D eigenvalue weighted by Crippen LogP contribution is 2.32. The van der Waals surface area contributed by atoms with Gasteiger partial charge in [0.25, 0.3) is 0 Å². The molecule has 0 saturated carbocycles. The summed E-state index contributed by atoms with van der Waals surface area (Å²) < 4.78 is 27.3. The van der Waals surface area contributed by atoms with Crippen molar-refractivity contribution in [3.05, 3.63) is 58.1 Å². The molecule has 112 valence electrons. The van der Waals surface area contributed by atoms with Gasteiger partial charge in [0, 0.05) is 26.9 Å². The van der Waals surface area contributed by atoms with Crippen molar-refractivity contribution in [1.29, 1.82) is 0 Å². The summed E-state index contributed by atoms with van der Waals surface area (Å²) in [4.78, 5) is 1.71. The fraction of sp³-hybridized carbons (Fsp3) is 0.250. The summed E-state index contributed by atoms with van der Waals surface area (Å²) in [6.45, 7) is 4.89. The quantitative estimate of drug-likeness (QED) is 0.757. The zero-order chi connectivity index (χ0) is 15.4. The average molecular weight is 372 g/mol. The Labute approximate surface area is 136 Å². The van der Waals surface area contributed by atoms with Gasteiger partial charge in [0.15, 0.2) is 11.6 Å². The van der Waals surface area contributed by atoms with Crippen LogP contribution in [0.15, 0.2) is 50.7 Å². The predicted octanol–water partition coefficient (Wildman–Crippen LogP) is 5.38. The first-order valence-electron chi connectivity index (χ1n) is 6.60. The average Bonchev–Trinajstić information content (AvgIpc) is 2.43. The van der Waals surface area contributed by atoms with Gasteiger partial charge >= 0.3 is 0 Å². The largest absolute Gasteiger partial charge is 0.310 e. The van der Waals surface area contributed by atoms with Gasteiger partial charge < -0.3 is 5.32 Å². The minimum absolute atomic E-state index is 0.380. The second kappa shape index (κ2) is 7.38. The zero-order valence-corrected chi connectivity index (χ0v) is 14.2. The van der Waals surface area contributed by atoms with Crippen molar-refractivity contribution >= 4 is 27.7 Å². The number of benzene rings is 2. The number of hydrogen-bond acceptors (Lipinski definition) is 2. The molecule has 0 aliphatic rings. The maximum atomic E-state index is 13.3. The van der Waals surface area contributed by atoms with Crippen molar-refractivity contribution in [2.75, 3.05) is 0 Å². The van der Waals surface area contributed by atoms with E-state index in [9.17, 15) is 8.78 Å². The third kappa shape index (κ3) is 4.80. The van der Waals surface area contributed by atoms with Crippen molar-refractivity contribution in [2.24, 2.45) is 0 Å². The van der Waals surface area contributed by atoms with Crippen LogP contribution in [0.1, 0.15) is 19.4 Å². The minimum atomic E-state index is -0.822. The highest BCUT2D eigenvalue weighted by Gasteiger charge is 2.08. The van der Waals surface area contributed by atoms with E-state index in [1.165, 1.54) is 17.8 Å². The Morgan fingerprint density at radius 2 is 1.86 bits per heavy atom. The Morgan fingerprint density at radius 3 is 2.52 bits per heavy atom. The van der Waals surface area contributed by atoms with Crippen LogP contribution in [-0.2, 0) is 6.54 Å². The number of nitrogens with one attached hydrogen (secondary N) is 1. The minimum Gasteiger partial charge on any atom is -0.310 e. The van der Waals surface area contributed by atoms with E-state index < -0.39 is 11.6 Å². The van der Waals surface area contributed by atoms with Crippen molar-refractivity contribution in [3.8, 4) is 0 Å². The molecule has 0 unspecified atom stereocenters. The maximum absolute atomic E-state index is 13.3. The first-order valence-corrected chi connectivity index (χ1v) is 8.21. The first-order chi connectivity index (χ1) is 9.95. The third-order valence-electron chi connectivity index (χ3n) is 2.84. The Balaban J connectivity index is 2.23. The summed E-state index contributed by atoms with van der Waals surface area (Å²) >= 11 is 4.89. The summed E-state index contributed by atoms with van der Waals surface area (Å²) in [6, 6.07) is 10.3. The molecule has 0 bridgehead atoms. The number of rotatable bonds is 5. The molecule has 0 aliphatic carbocycles. The molecule has 0 fully saturated rings. The van der Waals surface area contributed by atoms with Crippen LogP contribution < -0.4 is 5.32 Å². The Hall–Kier alpha value is -0.910. The van der Waals surface area contributed by atoms with Crippen LogP contribution in [-0.4, -0.2) is 6.04 Å². The summed E-state index contributed by atoms with van der Waals surface area (Å²) in [5, 5.41) is 3.37. The van der Waals surface area contributed by atoms with Crippen LogP contribution in [0.2, 0.25) is 0 Å². The van der Waals surface area contributed by atoms with Gasteiger partial charge in [0.1, 0.15) is 0 Å². The molecule has 0 atom stereocenters. The monoisotopic (exact) mass is 371 g/mol. The first kappa shape index (κ1) is 16.5. The molecule has 0 aliphatic heterocycles. The normalized spacial score (nSPS) is 11.1. The van der Waals surface area contributed by atoms with Gasteiger partial charge in [-0.1, -0.05) is 41.5 Å². The fourth-order valence-electron chi connectivity index (χ4n) is 1.77. The summed E-state index contributed by atoms with van der Waals surface area (Å²) in [5.74, 6) is -1.64. The van der Waals surface area contributed by atoms with E-state index in [0.29, 0.717) is 10.9 Å². The van der Waals surface area contributed by atoms with Crippen LogP contribution in [0.5, 0.6) is 0 Å². The van der Waals surface area contributed by atoms with E-state index in [4.69, 9.17) is 0 Å². The molecule has 0 aromatic heterocycles. The molecule has 5 heteroatoms. The summed E-state index contributed by atoms with van der Waals surface area (Å²) in [5.41, 5.74) is 1.12. The molecule has 0 spiro atoms. The maximum Gasteiger partial charge on any atom is 0.159 e. The molecule has 0 amide bonds. The molecular formula is C16H16BrF2NS. The van der Waals surface area contributed by atoms with E-state index >= 15 is 0 Å². The van der Waals surface area contributed by atoms with Gasteiger partial charge in [-0.2, -0.15) is 0 Å². The standard InChI is InChI=1S/C16H16BrF2NS/c1-10(2)20-9-11-7-12(17)3-6-16(11)21-13-4-5-14(18)15(19)8-13/h3-8,10,20H,9H2,1-2H3. The fourth-order valence-corrected chi connectivity index (χ4v) is 3.13. The summed E-state index contributed by atoms with van der Waals surface area (Å²) in [6.07, 6.45) is 0. The van der Waals surface area contributed by atoms with Gasteiger partial charge in [-0.05, 0) is 42.0 Å². The Bertz CT molecular complexity index is 632. The molecule has 0 radical (unpaired) electrons. The van der Waals surface area contributed by atoms with Crippen molar-refractivity contribution < 1.29 is 8.78 Å². The van der Waals surface area contributed by atoms with Crippen LogP contribution in [0.3, 0.4) is 0 Å². The lowest BCUT2D eigenvalue weighted by molar-refractivity contribution is 0.506. The smallest absolute Gasteiger partial charge is 0.159 e. The second-order valence-electron chi connectivity index (χ2n) is 4.97. The van der Waals surface area contributed by atoms with Crippen LogP contribution in [0.25, 0.3) is 0 Å². The molecule has 21 heavy (non-hydrogen) atoms. The van der Waals surface area contributed by atoms with E-state index in [0.717, 1.165) is 27.5 Å². The van der Waals surface area contributed by atoms with Gasteiger partial charge in [-0.15, -0.1) is 0 Å². The molecular weight excluding hydrogens is 356 g/mol. The lowest BCUT2D eigenvalue weighted by Gasteiger charge is -2.13. The molecule has 2 aromatic rings. The molecule has 2 aromatic carbocycles. The molecule has 1 nitrogen and oxygen atoms in total. The van der Waals surface area contributed by atoms with Gasteiger partial charge in [-0.3, -0.25) is 0 Å². The Morgan fingerprint density at radius 1 is 1.10 bits per heavy atom.